The Kier molecular flexibility index (Phi) is 6.84. The molecule has 0 saturated carbocycles. The van der Waals surface area contributed by atoms with Crippen LogP contribution in [0.25, 0.3) is 0 Å². The molecule has 0 fully saturated rings. The van der Waals surface area contributed by atoms with Gasteiger partial charge in [0.15, 0.2) is 5.78 Å². The molecule has 0 bridgehead atoms. The Morgan fingerprint density at radius 3 is 2.47 bits per heavy atom. The number of benzene rings is 1. The van der Waals surface area contributed by atoms with Crippen molar-refractivity contribution in [2.24, 2.45) is 0 Å². The van der Waals surface area contributed by atoms with Crippen LogP contribution in [0.4, 0.5) is 0 Å². The molecule has 0 saturated heterocycles. The normalized spacial score (nSPS) is 11.3. The molecule has 0 spiro atoms. The lowest BCUT2D eigenvalue weighted by atomic mass is 10.1. The van der Waals surface area contributed by atoms with E-state index in [1.165, 1.54) is 0 Å². The zero-order chi connectivity index (χ0) is 14.4. The number of carbonyl (C=O) groups is 1. The lowest BCUT2D eigenvalue weighted by molar-refractivity contribution is 0.0959. The van der Waals surface area contributed by atoms with Gasteiger partial charge in [0.1, 0.15) is 0 Å². The van der Waals surface area contributed by atoms with E-state index in [4.69, 9.17) is 23.2 Å². The van der Waals surface area contributed by atoms with Gasteiger partial charge in [-0.15, -0.1) is 0 Å². The van der Waals surface area contributed by atoms with Crippen molar-refractivity contribution in [1.82, 2.24) is 4.90 Å². The minimum absolute atomic E-state index is 0.0466. The predicted octanol–water partition coefficient (Wildman–Crippen LogP) is 4.69. The number of nitrogens with zero attached hydrogens (tertiary/aromatic N) is 1. The third-order valence-corrected chi connectivity index (χ3v) is 4.33. The van der Waals surface area contributed by atoms with E-state index >= 15 is 0 Å². The Hall–Kier alpha value is -0.570. The molecule has 0 unspecified atom stereocenters. The van der Waals surface area contributed by atoms with Crippen LogP contribution in [0.2, 0.25) is 10.0 Å². The van der Waals surface area contributed by atoms with Gasteiger partial charge in [0.05, 0.1) is 10.0 Å². The molecule has 2 nitrogen and oxygen atoms in total. The van der Waals surface area contributed by atoms with E-state index in [0.717, 1.165) is 19.4 Å². The molecule has 0 aliphatic heterocycles. The molecule has 0 heterocycles. The molecule has 0 radical (unpaired) electrons. The van der Waals surface area contributed by atoms with Crippen LogP contribution in [0.3, 0.4) is 0 Å². The second kappa shape index (κ2) is 7.88. The van der Waals surface area contributed by atoms with Gasteiger partial charge in [0.25, 0.3) is 0 Å². The number of hydrogen-bond acceptors (Lipinski definition) is 2. The van der Waals surface area contributed by atoms with Gasteiger partial charge in [-0.1, -0.05) is 43.1 Å². The first kappa shape index (κ1) is 16.5. The number of carbonyl (C=O) groups excluding carboxylic acids is 1. The maximum absolute atomic E-state index is 12.2. The van der Waals surface area contributed by atoms with Crippen molar-refractivity contribution in [1.29, 1.82) is 0 Å². The van der Waals surface area contributed by atoms with Crippen LogP contribution in [0.1, 0.15) is 43.5 Å². The Balaban J connectivity index is 2.63. The maximum Gasteiger partial charge on any atom is 0.165 e. The Morgan fingerprint density at radius 2 is 1.89 bits per heavy atom. The van der Waals surface area contributed by atoms with Gasteiger partial charge in [-0.3, -0.25) is 4.79 Å². The van der Waals surface area contributed by atoms with Crippen molar-refractivity contribution < 1.29 is 4.79 Å². The standard InChI is InChI=1S/C15H21Cl2NO/c1-4-11(5-2)18(3)10-9-14(19)12-7-6-8-13(16)15(12)17/h6-8,11H,4-5,9-10H2,1-3H3. The Bertz CT molecular complexity index is 430. The summed E-state index contributed by atoms with van der Waals surface area (Å²) in [6.07, 6.45) is 2.66. The minimum atomic E-state index is 0.0466. The van der Waals surface area contributed by atoms with Gasteiger partial charge >= 0.3 is 0 Å². The van der Waals surface area contributed by atoms with E-state index in [9.17, 15) is 4.79 Å². The second-order valence-electron chi connectivity index (χ2n) is 4.73. The van der Waals surface area contributed by atoms with Gasteiger partial charge in [0.2, 0.25) is 0 Å². The van der Waals surface area contributed by atoms with E-state index in [1.807, 2.05) is 0 Å². The van der Waals surface area contributed by atoms with Gasteiger partial charge in [-0.2, -0.15) is 0 Å². The third kappa shape index (κ3) is 4.48. The fourth-order valence-corrected chi connectivity index (χ4v) is 2.63. The zero-order valence-corrected chi connectivity index (χ0v) is 13.3. The molecule has 1 aromatic carbocycles. The van der Waals surface area contributed by atoms with Crippen LogP contribution in [0.15, 0.2) is 18.2 Å². The number of halogens is 2. The fraction of sp³-hybridized carbons (Fsp3) is 0.533. The number of hydrogen-bond donors (Lipinski definition) is 0. The SMILES string of the molecule is CCC(CC)N(C)CCC(=O)c1cccc(Cl)c1Cl. The summed E-state index contributed by atoms with van der Waals surface area (Å²) in [7, 11) is 2.06. The summed E-state index contributed by atoms with van der Waals surface area (Å²) in [5, 5.41) is 0.792. The molecule has 0 aliphatic rings. The average molecular weight is 302 g/mol. The summed E-state index contributed by atoms with van der Waals surface area (Å²) in [4.78, 5) is 14.4. The minimum Gasteiger partial charge on any atom is -0.303 e. The molecule has 19 heavy (non-hydrogen) atoms. The van der Waals surface area contributed by atoms with E-state index < -0.39 is 0 Å². The lowest BCUT2D eigenvalue weighted by Gasteiger charge is -2.25. The van der Waals surface area contributed by atoms with E-state index in [0.29, 0.717) is 28.1 Å². The van der Waals surface area contributed by atoms with Crippen molar-refractivity contribution in [3.05, 3.63) is 33.8 Å². The van der Waals surface area contributed by atoms with Crippen LogP contribution in [0, 0.1) is 0 Å². The summed E-state index contributed by atoms with van der Waals surface area (Å²) in [5.74, 6) is 0.0466. The van der Waals surface area contributed by atoms with Crippen LogP contribution in [-0.2, 0) is 0 Å². The zero-order valence-electron chi connectivity index (χ0n) is 11.7. The topological polar surface area (TPSA) is 20.3 Å². The van der Waals surface area contributed by atoms with Gasteiger partial charge in [0, 0.05) is 24.6 Å². The third-order valence-electron chi connectivity index (χ3n) is 3.51. The summed E-state index contributed by atoms with van der Waals surface area (Å²) in [6.45, 7) is 5.08. The fourth-order valence-electron chi connectivity index (χ4n) is 2.23. The molecule has 106 valence electrons. The predicted molar refractivity (Wildman–Crippen MR) is 82.4 cm³/mol. The first-order valence-electron chi connectivity index (χ1n) is 6.68. The average Bonchev–Trinajstić information content (AvgIpc) is 2.40. The molecule has 0 N–H and O–H groups in total. The van der Waals surface area contributed by atoms with Gasteiger partial charge in [-0.05, 0) is 32.0 Å². The number of ketones is 1. The summed E-state index contributed by atoms with van der Waals surface area (Å²) < 4.78 is 0. The van der Waals surface area contributed by atoms with Gasteiger partial charge < -0.3 is 4.90 Å². The molecule has 1 aromatic rings. The van der Waals surface area contributed by atoms with E-state index in [1.54, 1.807) is 18.2 Å². The van der Waals surface area contributed by atoms with Crippen LogP contribution < -0.4 is 0 Å². The van der Waals surface area contributed by atoms with E-state index in [-0.39, 0.29) is 5.78 Å². The van der Waals surface area contributed by atoms with Crippen molar-refractivity contribution >= 4 is 29.0 Å². The summed E-state index contributed by atoms with van der Waals surface area (Å²) in [6, 6.07) is 5.71. The second-order valence-corrected chi connectivity index (χ2v) is 5.51. The van der Waals surface area contributed by atoms with E-state index in [2.05, 4.69) is 25.8 Å². The lowest BCUT2D eigenvalue weighted by Crippen LogP contribution is -2.32. The number of Topliss-reactive ketones (excluding diaryl/α,β-unsaturated/α-hetero) is 1. The quantitative estimate of drug-likeness (QED) is 0.681. The molecule has 0 aromatic heterocycles. The maximum atomic E-state index is 12.2. The monoisotopic (exact) mass is 301 g/mol. The molecule has 0 aliphatic carbocycles. The van der Waals surface area contributed by atoms with Crippen LogP contribution in [-0.4, -0.2) is 30.3 Å². The number of rotatable bonds is 7. The molecule has 1 rings (SSSR count). The molecular weight excluding hydrogens is 281 g/mol. The highest BCUT2D eigenvalue weighted by atomic mass is 35.5. The Morgan fingerprint density at radius 1 is 1.26 bits per heavy atom. The van der Waals surface area contributed by atoms with Crippen molar-refractivity contribution in [2.45, 2.75) is 39.2 Å². The van der Waals surface area contributed by atoms with Crippen LogP contribution in [0.5, 0.6) is 0 Å². The smallest absolute Gasteiger partial charge is 0.165 e. The highest BCUT2D eigenvalue weighted by Crippen LogP contribution is 2.26. The molecule has 0 amide bonds. The van der Waals surface area contributed by atoms with Crippen molar-refractivity contribution in [3.63, 3.8) is 0 Å². The highest BCUT2D eigenvalue weighted by molar-refractivity contribution is 6.43. The first-order valence-corrected chi connectivity index (χ1v) is 7.44. The molecular formula is C15H21Cl2NO. The molecule has 4 heteroatoms. The largest absolute Gasteiger partial charge is 0.303 e. The highest BCUT2D eigenvalue weighted by Gasteiger charge is 2.15. The summed E-state index contributed by atoms with van der Waals surface area (Å²) >= 11 is 12.0. The van der Waals surface area contributed by atoms with Crippen LogP contribution >= 0.6 is 23.2 Å². The first-order chi connectivity index (χ1) is 9.01. The van der Waals surface area contributed by atoms with Crippen molar-refractivity contribution in [3.8, 4) is 0 Å². The summed E-state index contributed by atoms with van der Waals surface area (Å²) in [5.41, 5.74) is 0.520. The molecule has 0 atom stereocenters. The van der Waals surface area contributed by atoms with Gasteiger partial charge in [-0.25, -0.2) is 0 Å². The Labute approximate surface area is 125 Å². The van der Waals surface area contributed by atoms with Crippen molar-refractivity contribution in [2.75, 3.05) is 13.6 Å².